The van der Waals surface area contributed by atoms with Gasteiger partial charge in [-0.05, 0) is 12.0 Å². The van der Waals surface area contributed by atoms with Gasteiger partial charge in [-0.1, -0.05) is 134 Å². The summed E-state index contributed by atoms with van der Waals surface area (Å²) in [6.45, 7) is 3.99. The van der Waals surface area contributed by atoms with Crippen LogP contribution in [-0.2, 0) is 25.2 Å². The molecule has 0 saturated heterocycles. The van der Waals surface area contributed by atoms with E-state index in [-0.39, 0.29) is 12.5 Å². The molecule has 0 aromatic heterocycles. The zero-order chi connectivity index (χ0) is 26.2. The minimum atomic E-state index is -4.50. The van der Waals surface area contributed by atoms with E-state index in [4.69, 9.17) is 19.3 Å². The molecule has 0 fully saturated rings. The van der Waals surface area contributed by atoms with Gasteiger partial charge in [-0.2, -0.15) is 0 Å². The minimum absolute atomic E-state index is 0.0853. The van der Waals surface area contributed by atoms with Crippen LogP contribution in [0.2, 0.25) is 0 Å². The van der Waals surface area contributed by atoms with Gasteiger partial charge in [-0.3, -0.25) is 4.52 Å². The third-order valence-corrected chi connectivity index (χ3v) is 6.92. The first-order valence-electron chi connectivity index (χ1n) is 14.4. The summed E-state index contributed by atoms with van der Waals surface area (Å²) in [7, 11) is -4.50. The van der Waals surface area contributed by atoms with Crippen molar-refractivity contribution >= 4 is 7.82 Å². The van der Waals surface area contributed by atoms with Gasteiger partial charge >= 0.3 is 7.82 Å². The zero-order valence-electron chi connectivity index (χ0n) is 22.8. The lowest BCUT2D eigenvalue weighted by atomic mass is 10.0. The van der Waals surface area contributed by atoms with Gasteiger partial charge in [0, 0.05) is 12.5 Å². The fourth-order valence-corrected chi connectivity index (χ4v) is 4.67. The highest BCUT2D eigenvalue weighted by Gasteiger charge is 2.19. The van der Waals surface area contributed by atoms with E-state index in [1.54, 1.807) is 0 Å². The van der Waals surface area contributed by atoms with Crippen LogP contribution in [-0.4, -0.2) is 36.2 Å². The van der Waals surface area contributed by atoms with E-state index in [2.05, 4.69) is 11.4 Å². The summed E-state index contributed by atoms with van der Waals surface area (Å²) in [5.74, 6) is -0.220. The lowest BCUT2D eigenvalue weighted by Crippen LogP contribution is -2.21. The fraction of sp³-hybridized carbons (Fsp3) is 0.793. The maximum Gasteiger partial charge on any atom is 0.469 e. The largest absolute Gasteiger partial charge is 0.469 e. The summed E-state index contributed by atoms with van der Waals surface area (Å²) in [4.78, 5) is 18.0. The molecule has 210 valence electrons. The van der Waals surface area contributed by atoms with Crippen molar-refractivity contribution in [1.29, 1.82) is 0 Å². The van der Waals surface area contributed by atoms with Crippen molar-refractivity contribution in [1.82, 2.24) is 0 Å². The monoisotopic (exact) mass is 528 g/mol. The molecule has 0 radical (unpaired) electrons. The molecule has 1 aromatic rings. The quantitative estimate of drug-likeness (QED) is 0.0931. The van der Waals surface area contributed by atoms with Gasteiger partial charge in [0.1, 0.15) is 0 Å². The number of phosphoric ester groups is 1. The van der Waals surface area contributed by atoms with Crippen LogP contribution in [0.5, 0.6) is 0 Å². The molecule has 1 aromatic carbocycles. The van der Waals surface area contributed by atoms with Gasteiger partial charge in [0.2, 0.25) is 0 Å². The fourth-order valence-electron chi connectivity index (χ4n) is 4.27. The summed E-state index contributed by atoms with van der Waals surface area (Å²) in [5.41, 5.74) is 1.06. The molecular formula is C29H53O6P. The van der Waals surface area contributed by atoms with Crippen LogP contribution < -0.4 is 0 Å². The highest BCUT2D eigenvalue weighted by molar-refractivity contribution is 7.46. The van der Waals surface area contributed by atoms with Crippen molar-refractivity contribution < 1.29 is 28.3 Å². The number of unbranched alkanes of at least 4 members (excludes halogenated alkanes) is 15. The smallest absolute Gasteiger partial charge is 0.381 e. The Bertz CT molecular complexity index is 636. The Balaban J connectivity index is 1.96. The summed E-state index contributed by atoms with van der Waals surface area (Å²) in [6, 6.07) is 9.82. The first-order chi connectivity index (χ1) is 17.5. The van der Waals surface area contributed by atoms with Gasteiger partial charge in [-0.25, -0.2) is 4.57 Å². The lowest BCUT2D eigenvalue weighted by molar-refractivity contribution is 0.00942. The standard InChI is InChI=1S/C29H53O6P/c1-2-3-4-5-6-7-8-9-10-11-12-13-14-15-16-20-23-33-25-29(27-35-36(30,31)32)26-34-24-28-21-18-17-19-22-28/h17-19,21-22,29H,2-16,20,23-27H2,1H3,(H2,30,31,32)/t29-/m0/s1. The van der Waals surface area contributed by atoms with E-state index in [0.29, 0.717) is 26.4 Å². The number of phosphoric acid groups is 1. The Hall–Kier alpha value is -0.750. The van der Waals surface area contributed by atoms with Crippen molar-refractivity contribution in [2.24, 2.45) is 5.92 Å². The molecule has 6 nitrogen and oxygen atoms in total. The molecule has 1 atom stereocenters. The molecule has 1 rings (SSSR count). The summed E-state index contributed by atoms with van der Waals surface area (Å²) < 4.78 is 27.2. The second kappa shape index (κ2) is 23.4. The molecular weight excluding hydrogens is 475 g/mol. The summed E-state index contributed by atoms with van der Waals surface area (Å²) >= 11 is 0. The van der Waals surface area contributed by atoms with Gasteiger partial charge in [0.15, 0.2) is 0 Å². The predicted octanol–water partition coefficient (Wildman–Crippen LogP) is 8.21. The van der Waals surface area contributed by atoms with E-state index >= 15 is 0 Å². The molecule has 0 saturated carbocycles. The third kappa shape index (κ3) is 22.4. The molecule has 0 aliphatic rings. The van der Waals surface area contributed by atoms with Crippen LogP contribution in [0.4, 0.5) is 0 Å². The van der Waals surface area contributed by atoms with Gasteiger partial charge in [0.05, 0.1) is 26.4 Å². The lowest BCUT2D eigenvalue weighted by Gasteiger charge is -2.18. The second-order valence-corrected chi connectivity index (χ2v) is 11.3. The van der Waals surface area contributed by atoms with Crippen LogP contribution in [0.3, 0.4) is 0 Å². The van der Waals surface area contributed by atoms with Gasteiger partial charge < -0.3 is 19.3 Å². The number of rotatable bonds is 26. The SMILES string of the molecule is CCCCCCCCCCCCCCCCCCOC[C@@H](COCc1ccccc1)COP(=O)(O)O. The van der Waals surface area contributed by atoms with E-state index in [1.807, 2.05) is 30.3 Å². The third-order valence-electron chi connectivity index (χ3n) is 6.44. The highest BCUT2D eigenvalue weighted by atomic mass is 31.2. The second-order valence-electron chi connectivity index (χ2n) is 10.0. The van der Waals surface area contributed by atoms with Crippen molar-refractivity contribution in [3.63, 3.8) is 0 Å². The van der Waals surface area contributed by atoms with Crippen LogP contribution >= 0.6 is 7.82 Å². The Kier molecular flexibility index (Phi) is 21.6. The maximum atomic E-state index is 11.1. The molecule has 0 aliphatic carbocycles. The molecule has 2 N–H and O–H groups in total. The Morgan fingerprint density at radius 2 is 1.14 bits per heavy atom. The zero-order valence-corrected chi connectivity index (χ0v) is 23.7. The molecule has 0 aliphatic heterocycles. The molecule has 0 spiro atoms. The van der Waals surface area contributed by atoms with Crippen molar-refractivity contribution in [3.8, 4) is 0 Å². The minimum Gasteiger partial charge on any atom is -0.381 e. The van der Waals surface area contributed by atoms with Crippen molar-refractivity contribution in [2.45, 2.75) is 116 Å². The first-order valence-corrected chi connectivity index (χ1v) is 15.9. The topological polar surface area (TPSA) is 85.2 Å². The van der Waals surface area contributed by atoms with Crippen LogP contribution in [0, 0.1) is 5.92 Å². The average molecular weight is 529 g/mol. The average Bonchev–Trinajstić information content (AvgIpc) is 2.86. The maximum absolute atomic E-state index is 11.1. The Morgan fingerprint density at radius 1 is 0.667 bits per heavy atom. The van der Waals surface area contributed by atoms with Crippen molar-refractivity contribution in [2.75, 3.05) is 26.4 Å². The van der Waals surface area contributed by atoms with Gasteiger partial charge in [-0.15, -0.1) is 0 Å². The van der Waals surface area contributed by atoms with E-state index in [9.17, 15) is 4.57 Å². The van der Waals surface area contributed by atoms with Crippen LogP contribution in [0.25, 0.3) is 0 Å². The van der Waals surface area contributed by atoms with Crippen LogP contribution in [0.1, 0.15) is 115 Å². The molecule has 0 amide bonds. The number of hydrogen-bond donors (Lipinski definition) is 2. The Labute approximate surface area is 220 Å². The van der Waals surface area contributed by atoms with Gasteiger partial charge in [0.25, 0.3) is 0 Å². The van der Waals surface area contributed by atoms with E-state index in [0.717, 1.165) is 18.4 Å². The molecule has 0 unspecified atom stereocenters. The summed E-state index contributed by atoms with van der Waals surface area (Å²) in [6.07, 6.45) is 21.4. The highest BCUT2D eigenvalue weighted by Crippen LogP contribution is 2.36. The molecule has 0 heterocycles. The van der Waals surface area contributed by atoms with E-state index < -0.39 is 7.82 Å². The normalized spacial score (nSPS) is 12.8. The summed E-state index contributed by atoms with van der Waals surface area (Å²) in [5, 5.41) is 0. The molecule has 36 heavy (non-hydrogen) atoms. The predicted molar refractivity (Wildman–Crippen MR) is 148 cm³/mol. The number of benzene rings is 1. The van der Waals surface area contributed by atoms with Crippen LogP contribution in [0.15, 0.2) is 30.3 Å². The Morgan fingerprint density at radius 3 is 1.64 bits per heavy atom. The number of ether oxygens (including phenoxy) is 2. The first kappa shape index (κ1) is 33.3. The van der Waals surface area contributed by atoms with E-state index in [1.165, 1.54) is 89.9 Å². The molecule has 0 bridgehead atoms. The molecule has 7 heteroatoms. The van der Waals surface area contributed by atoms with Crippen molar-refractivity contribution in [3.05, 3.63) is 35.9 Å². The number of hydrogen-bond acceptors (Lipinski definition) is 4.